The highest BCUT2D eigenvalue weighted by Crippen LogP contribution is 2.25. The Hall–Kier alpha value is -1.83. The summed E-state index contributed by atoms with van der Waals surface area (Å²) in [5.41, 5.74) is 1.07. The molecule has 4 nitrogen and oxygen atoms in total. The molecular formula is C14H12Cl2N4. The van der Waals surface area contributed by atoms with Crippen molar-refractivity contribution in [3.05, 3.63) is 45.8 Å². The molecule has 0 saturated heterocycles. The molecule has 0 spiro atoms. The standard InChI is InChI=1S/C14H12Cl2N4/c1-8(2)14-19-12(16)6-13(20-14)18-11-5-10(15)4-3-9(11)7-17/h3-6,8H,1-2H3,(H,18,19,20). The van der Waals surface area contributed by atoms with E-state index < -0.39 is 0 Å². The van der Waals surface area contributed by atoms with Crippen molar-refractivity contribution >= 4 is 34.7 Å². The highest BCUT2D eigenvalue weighted by atomic mass is 35.5. The minimum absolute atomic E-state index is 0.157. The lowest BCUT2D eigenvalue weighted by Gasteiger charge is -2.11. The average molecular weight is 307 g/mol. The number of nitriles is 1. The molecule has 0 aliphatic heterocycles. The Kier molecular flexibility index (Phi) is 4.43. The molecule has 102 valence electrons. The normalized spacial score (nSPS) is 10.4. The van der Waals surface area contributed by atoms with Crippen molar-refractivity contribution in [2.75, 3.05) is 5.32 Å². The molecule has 0 atom stereocenters. The first kappa shape index (κ1) is 14.6. The van der Waals surface area contributed by atoms with Crippen LogP contribution in [0.1, 0.15) is 31.2 Å². The quantitative estimate of drug-likeness (QED) is 0.847. The first-order valence-electron chi connectivity index (χ1n) is 6.00. The van der Waals surface area contributed by atoms with Gasteiger partial charge in [-0.15, -0.1) is 0 Å². The average Bonchev–Trinajstić information content (AvgIpc) is 2.38. The van der Waals surface area contributed by atoms with E-state index in [1.807, 2.05) is 13.8 Å². The van der Waals surface area contributed by atoms with E-state index in [2.05, 4.69) is 21.4 Å². The number of hydrogen-bond acceptors (Lipinski definition) is 4. The highest BCUT2D eigenvalue weighted by molar-refractivity contribution is 6.31. The summed E-state index contributed by atoms with van der Waals surface area (Å²) < 4.78 is 0. The molecule has 1 heterocycles. The van der Waals surface area contributed by atoms with Gasteiger partial charge < -0.3 is 5.32 Å². The van der Waals surface area contributed by atoms with Crippen LogP contribution < -0.4 is 5.32 Å². The van der Waals surface area contributed by atoms with E-state index in [0.717, 1.165) is 0 Å². The third-order valence-electron chi connectivity index (χ3n) is 2.59. The van der Waals surface area contributed by atoms with Gasteiger partial charge in [0, 0.05) is 17.0 Å². The number of hydrogen-bond donors (Lipinski definition) is 1. The molecule has 0 saturated carbocycles. The SMILES string of the molecule is CC(C)c1nc(Cl)cc(Nc2cc(Cl)ccc2C#N)n1. The molecule has 20 heavy (non-hydrogen) atoms. The topological polar surface area (TPSA) is 61.6 Å². The van der Waals surface area contributed by atoms with Crippen molar-refractivity contribution in [2.45, 2.75) is 19.8 Å². The molecule has 6 heteroatoms. The Bertz CT molecular complexity index is 677. The van der Waals surface area contributed by atoms with Gasteiger partial charge in [-0.1, -0.05) is 37.0 Å². The van der Waals surface area contributed by atoms with E-state index in [0.29, 0.717) is 33.1 Å². The number of anilines is 2. The van der Waals surface area contributed by atoms with Crippen LogP contribution in [-0.4, -0.2) is 9.97 Å². The number of benzene rings is 1. The zero-order valence-corrected chi connectivity index (χ0v) is 12.5. The largest absolute Gasteiger partial charge is 0.339 e. The molecule has 0 radical (unpaired) electrons. The van der Waals surface area contributed by atoms with E-state index in [-0.39, 0.29) is 5.92 Å². The number of rotatable bonds is 3. The highest BCUT2D eigenvalue weighted by Gasteiger charge is 2.09. The fourth-order valence-corrected chi connectivity index (χ4v) is 1.97. The summed E-state index contributed by atoms with van der Waals surface area (Å²) in [6, 6.07) is 8.69. The third kappa shape index (κ3) is 3.38. The molecule has 1 aromatic heterocycles. The van der Waals surface area contributed by atoms with Crippen molar-refractivity contribution in [2.24, 2.45) is 0 Å². The molecule has 0 fully saturated rings. The smallest absolute Gasteiger partial charge is 0.135 e. The van der Waals surface area contributed by atoms with Gasteiger partial charge in [-0.05, 0) is 18.2 Å². The van der Waals surface area contributed by atoms with Gasteiger partial charge >= 0.3 is 0 Å². The molecule has 0 unspecified atom stereocenters. The maximum atomic E-state index is 9.09. The van der Waals surface area contributed by atoms with Gasteiger partial charge in [0.2, 0.25) is 0 Å². The fourth-order valence-electron chi connectivity index (χ4n) is 1.61. The van der Waals surface area contributed by atoms with E-state index in [1.54, 1.807) is 24.3 Å². The molecular weight excluding hydrogens is 295 g/mol. The van der Waals surface area contributed by atoms with Crippen LogP contribution in [0.5, 0.6) is 0 Å². The van der Waals surface area contributed by atoms with E-state index >= 15 is 0 Å². The van der Waals surface area contributed by atoms with E-state index in [1.165, 1.54) is 0 Å². The van der Waals surface area contributed by atoms with Crippen molar-refractivity contribution in [3.8, 4) is 6.07 Å². The van der Waals surface area contributed by atoms with Gasteiger partial charge in [-0.25, -0.2) is 9.97 Å². The molecule has 0 aliphatic rings. The van der Waals surface area contributed by atoms with Crippen molar-refractivity contribution in [1.82, 2.24) is 9.97 Å². The predicted octanol–water partition coefficient (Wildman–Crippen LogP) is 4.52. The summed E-state index contributed by atoms with van der Waals surface area (Å²) in [7, 11) is 0. The molecule has 0 aliphatic carbocycles. The molecule has 1 N–H and O–H groups in total. The summed E-state index contributed by atoms with van der Waals surface area (Å²) in [4.78, 5) is 8.53. The van der Waals surface area contributed by atoms with Gasteiger partial charge in [-0.2, -0.15) is 5.26 Å². The Labute approximate surface area is 127 Å². The van der Waals surface area contributed by atoms with Gasteiger partial charge in [0.15, 0.2) is 0 Å². The Morgan fingerprint density at radius 2 is 1.95 bits per heavy atom. The maximum Gasteiger partial charge on any atom is 0.135 e. The van der Waals surface area contributed by atoms with Gasteiger partial charge in [0.25, 0.3) is 0 Å². The van der Waals surface area contributed by atoms with Crippen molar-refractivity contribution in [3.63, 3.8) is 0 Å². The van der Waals surface area contributed by atoms with Crippen LogP contribution in [0, 0.1) is 11.3 Å². The molecule has 1 aromatic carbocycles. The van der Waals surface area contributed by atoms with E-state index in [9.17, 15) is 0 Å². The maximum absolute atomic E-state index is 9.09. The second kappa shape index (κ2) is 6.08. The first-order valence-corrected chi connectivity index (χ1v) is 6.76. The molecule has 0 amide bonds. The van der Waals surface area contributed by atoms with E-state index in [4.69, 9.17) is 28.5 Å². The summed E-state index contributed by atoms with van der Waals surface area (Å²) in [6.07, 6.45) is 0. The molecule has 2 aromatic rings. The minimum Gasteiger partial charge on any atom is -0.339 e. The van der Waals surface area contributed by atoms with Crippen LogP contribution in [0.25, 0.3) is 0 Å². The lowest BCUT2D eigenvalue weighted by atomic mass is 10.2. The Balaban J connectivity index is 2.40. The van der Waals surface area contributed by atoms with Crippen LogP contribution in [0.2, 0.25) is 10.2 Å². The van der Waals surface area contributed by atoms with Gasteiger partial charge in [0.1, 0.15) is 22.9 Å². The van der Waals surface area contributed by atoms with Crippen LogP contribution in [-0.2, 0) is 0 Å². The van der Waals surface area contributed by atoms with Crippen molar-refractivity contribution < 1.29 is 0 Å². The number of nitrogens with one attached hydrogen (secondary N) is 1. The summed E-state index contributed by atoms with van der Waals surface area (Å²) >= 11 is 11.9. The Morgan fingerprint density at radius 3 is 2.60 bits per heavy atom. The summed E-state index contributed by atoms with van der Waals surface area (Å²) in [6.45, 7) is 3.96. The van der Waals surface area contributed by atoms with Gasteiger partial charge in [0.05, 0.1) is 11.3 Å². The summed E-state index contributed by atoms with van der Waals surface area (Å²) in [5, 5.41) is 13.0. The second-order valence-electron chi connectivity index (χ2n) is 4.52. The summed E-state index contributed by atoms with van der Waals surface area (Å²) in [5.74, 6) is 1.33. The van der Waals surface area contributed by atoms with Crippen LogP contribution in [0.4, 0.5) is 11.5 Å². The fraction of sp³-hybridized carbons (Fsp3) is 0.214. The first-order chi connectivity index (χ1) is 9.49. The number of halogens is 2. The van der Waals surface area contributed by atoms with Crippen LogP contribution in [0.15, 0.2) is 24.3 Å². The minimum atomic E-state index is 0.157. The van der Waals surface area contributed by atoms with Crippen LogP contribution in [0.3, 0.4) is 0 Å². The third-order valence-corrected chi connectivity index (χ3v) is 3.02. The zero-order chi connectivity index (χ0) is 14.7. The number of nitrogens with zero attached hydrogens (tertiary/aromatic N) is 3. The zero-order valence-electron chi connectivity index (χ0n) is 11.0. The monoisotopic (exact) mass is 306 g/mol. The predicted molar refractivity (Wildman–Crippen MR) is 80.6 cm³/mol. The van der Waals surface area contributed by atoms with Crippen LogP contribution >= 0.6 is 23.2 Å². The lowest BCUT2D eigenvalue weighted by molar-refractivity contribution is 0.776. The number of aromatic nitrogens is 2. The molecule has 2 rings (SSSR count). The second-order valence-corrected chi connectivity index (χ2v) is 5.34. The van der Waals surface area contributed by atoms with Crippen molar-refractivity contribution in [1.29, 1.82) is 5.26 Å². The van der Waals surface area contributed by atoms with Gasteiger partial charge in [-0.3, -0.25) is 0 Å². The molecule has 0 bridgehead atoms. The Morgan fingerprint density at radius 1 is 1.20 bits per heavy atom. The lowest BCUT2D eigenvalue weighted by Crippen LogP contribution is -2.03.